The van der Waals surface area contributed by atoms with E-state index in [9.17, 15) is 22.4 Å². The van der Waals surface area contributed by atoms with Gasteiger partial charge in [0.2, 0.25) is 0 Å². The number of nitrogens with one attached hydrogen (secondary N) is 3. The van der Waals surface area contributed by atoms with Crippen molar-refractivity contribution in [2.45, 2.75) is 6.18 Å². The number of carbonyl (C=O) groups excluding carboxylic acids is 1. The van der Waals surface area contributed by atoms with Gasteiger partial charge in [0.1, 0.15) is 5.82 Å². The van der Waals surface area contributed by atoms with Crippen molar-refractivity contribution in [3.8, 4) is 0 Å². The Balaban J connectivity index is 1.69. The van der Waals surface area contributed by atoms with Crippen LogP contribution in [0.3, 0.4) is 0 Å². The summed E-state index contributed by atoms with van der Waals surface area (Å²) in [5.41, 5.74) is 2.17. The molecule has 0 unspecified atom stereocenters. The highest BCUT2D eigenvalue weighted by molar-refractivity contribution is 7.80. The molecule has 26 heavy (non-hydrogen) atoms. The first kappa shape index (κ1) is 17.8. The van der Waals surface area contributed by atoms with E-state index in [1.54, 1.807) is 0 Å². The van der Waals surface area contributed by atoms with Crippen molar-refractivity contribution in [2.24, 2.45) is 5.10 Å². The van der Waals surface area contributed by atoms with Crippen molar-refractivity contribution < 1.29 is 22.4 Å². The number of fused-ring (bicyclic) bond motifs is 1. The lowest BCUT2D eigenvalue weighted by molar-refractivity contribution is -0.137. The van der Waals surface area contributed by atoms with Crippen LogP contribution in [0.25, 0.3) is 0 Å². The minimum Gasteiger partial charge on any atom is -0.331 e. The van der Waals surface area contributed by atoms with Crippen LogP contribution in [0.5, 0.6) is 0 Å². The van der Waals surface area contributed by atoms with Crippen LogP contribution >= 0.6 is 12.2 Å². The average molecular weight is 382 g/mol. The van der Waals surface area contributed by atoms with Crippen LogP contribution in [0.1, 0.15) is 11.1 Å². The summed E-state index contributed by atoms with van der Waals surface area (Å²) in [6.45, 7) is 0. The lowest BCUT2D eigenvalue weighted by Gasteiger charge is -2.10. The molecular formula is C16H10F4N4OS. The number of amides is 1. The van der Waals surface area contributed by atoms with Crippen LogP contribution in [0.4, 0.5) is 28.9 Å². The van der Waals surface area contributed by atoms with Crippen molar-refractivity contribution in [3.05, 3.63) is 59.4 Å². The van der Waals surface area contributed by atoms with Crippen LogP contribution in [-0.2, 0) is 11.0 Å². The number of hydrazone groups is 1. The molecule has 0 atom stereocenters. The van der Waals surface area contributed by atoms with Crippen LogP contribution in [0.2, 0.25) is 0 Å². The summed E-state index contributed by atoms with van der Waals surface area (Å²) in [4.78, 5) is 11.9. The SMILES string of the molecule is O=C1Nc2c(F)cccc2/C1=N/NC(=S)Nc1ccc(C(F)(F)F)cc1. The Kier molecular flexibility index (Phi) is 4.60. The maximum absolute atomic E-state index is 13.6. The molecule has 3 N–H and O–H groups in total. The van der Waals surface area contributed by atoms with Gasteiger partial charge in [-0.05, 0) is 42.5 Å². The predicted molar refractivity (Wildman–Crippen MR) is 92.4 cm³/mol. The van der Waals surface area contributed by atoms with Gasteiger partial charge in [0.15, 0.2) is 10.8 Å². The van der Waals surface area contributed by atoms with Crippen molar-refractivity contribution in [3.63, 3.8) is 0 Å². The van der Waals surface area contributed by atoms with E-state index in [1.165, 1.54) is 30.3 Å². The fourth-order valence-corrected chi connectivity index (χ4v) is 2.43. The molecule has 1 heterocycles. The number of anilines is 2. The van der Waals surface area contributed by atoms with E-state index < -0.39 is 23.5 Å². The Hall–Kier alpha value is -3.01. The van der Waals surface area contributed by atoms with Crippen LogP contribution in [0, 0.1) is 5.82 Å². The third-order valence-corrected chi connectivity index (χ3v) is 3.66. The molecule has 5 nitrogen and oxygen atoms in total. The van der Waals surface area contributed by atoms with E-state index in [-0.39, 0.29) is 22.1 Å². The third kappa shape index (κ3) is 3.64. The summed E-state index contributed by atoms with van der Waals surface area (Å²) in [6, 6.07) is 8.37. The molecule has 1 amide bonds. The number of hydrogen-bond donors (Lipinski definition) is 3. The van der Waals surface area contributed by atoms with Crippen molar-refractivity contribution >= 4 is 40.3 Å². The number of carbonyl (C=O) groups is 1. The highest BCUT2D eigenvalue weighted by Gasteiger charge is 2.30. The highest BCUT2D eigenvalue weighted by atomic mass is 32.1. The fraction of sp³-hybridized carbons (Fsp3) is 0.0625. The zero-order chi connectivity index (χ0) is 18.9. The van der Waals surface area contributed by atoms with Gasteiger partial charge in [0.25, 0.3) is 5.91 Å². The lowest BCUT2D eigenvalue weighted by atomic mass is 10.1. The zero-order valence-corrected chi connectivity index (χ0v) is 13.6. The zero-order valence-electron chi connectivity index (χ0n) is 12.8. The molecule has 0 saturated carbocycles. The van der Waals surface area contributed by atoms with Gasteiger partial charge in [0, 0.05) is 11.3 Å². The lowest BCUT2D eigenvalue weighted by Crippen LogP contribution is -2.27. The van der Waals surface area contributed by atoms with Gasteiger partial charge in [-0.3, -0.25) is 10.2 Å². The molecule has 3 rings (SSSR count). The monoisotopic (exact) mass is 382 g/mol. The van der Waals surface area contributed by atoms with Gasteiger partial charge in [-0.25, -0.2) is 4.39 Å². The van der Waals surface area contributed by atoms with Gasteiger partial charge in [-0.15, -0.1) is 0 Å². The number of benzene rings is 2. The second kappa shape index (κ2) is 6.71. The summed E-state index contributed by atoms with van der Waals surface area (Å²) in [7, 11) is 0. The number of nitrogens with zero attached hydrogens (tertiary/aromatic N) is 1. The maximum atomic E-state index is 13.6. The molecular weight excluding hydrogens is 372 g/mol. The molecule has 0 spiro atoms. The van der Waals surface area contributed by atoms with E-state index in [0.717, 1.165) is 12.1 Å². The summed E-state index contributed by atoms with van der Waals surface area (Å²) in [5.74, 6) is -1.19. The second-order valence-corrected chi connectivity index (χ2v) is 5.63. The molecule has 0 aliphatic carbocycles. The first-order valence-electron chi connectivity index (χ1n) is 7.18. The van der Waals surface area contributed by atoms with Crippen LogP contribution in [-0.4, -0.2) is 16.7 Å². The molecule has 1 aliphatic rings. The molecule has 0 saturated heterocycles. The topological polar surface area (TPSA) is 65.5 Å². The smallest absolute Gasteiger partial charge is 0.331 e. The Morgan fingerprint density at radius 3 is 2.46 bits per heavy atom. The quantitative estimate of drug-likeness (QED) is 0.423. The summed E-state index contributed by atoms with van der Waals surface area (Å²) < 4.78 is 51.2. The minimum absolute atomic E-state index is 0.0275. The number of hydrogen-bond acceptors (Lipinski definition) is 3. The van der Waals surface area contributed by atoms with Crippen LogP contribution in [0.15, 0.2) is 47.6 Å². The molecule has 2 aromatic carbocycles. The van der Waals surface area contributed by atoms with E-state index >= 15 is 0 Å². The van der Waals surface area contributed by atoms with E-state index in [2.05, 4.69) is 21.2 Å². The van der Waals surface area contributed by atoms with Crippen molar-refractivity contribution in [1.82, 2.24) is 5.43 Å². The van der Waals surface area contributed by atoms with Gasteiger partial charge in [-0.1, -0.05) is 12.1 Å². The van der Waals surface area contributed by atoms with Gasteiger partial charge >= 0.3 is 6.18 Å². The molecule has 2 aromatic rings. The number of thiocarbonyl (C=S) groups is 1. The number of halogens is 4. The van der Waals surface area contributed by atoms with Gasteiger partial charge in [0.05, 0.1) is 11.3 Å². The Morgan fingerprint density at radius 2 is 1.81 bits per heavy atom. The molecule has 1 aliphatic heterocycles. The molecule has 0 bridgehead atoms. The minimum atomic E-state index is -4.43. The maximum Gasteiger partial charge on any atom is 0.416 e. The second-order valence-electron chi connectivity index (χ2n) is 5.22. The van der Waals surface area contributed by atoms with E-state index in [1.807, 2.05) is 0 Å². The largest absolute Gasteiger partial charge is 0.416 e. The molecule has 134 valence electrons. The highest BCUT2D eigenvalue weighted by Crippen LogP contribution is 2.30. The van der Waals surface area contributed by atoms with E-state index in [4.69, 9.17) is 12.2 Å². The standard InChI is InChI=1S/C16H10F4N4OS/c17-11-3-1-2-10-12(11)22-14(25)13(10)23-24-15(26)21-9-6-4-8(5-7-9)16(18,19)20/h1-7H,(H2,21,24,26)(H,22,23,25). The van der Waals surface area contributed by atoms with Crippen molar-refractivity contribution in [1.29, 1.82) is 0 Å². The number of para-hydroxylation sites is 1. The van der Waals surface area contributed by atoms with Crippen molar-refractivity contribution in [2.75, 3.05) is 10.6 Å². The number of alkyl halides is 3. The average Bonchev–Trinajstić information content (AvgIpc) is 2.90. The first-order valence-corrected chi connectivity index (χ1v) is 7.59. The predicted octanol–water partition coefficient (Wildman–Crippen LogP) is 3.49. The Morgan fingerprint density at radius 1 is 1.12 bits per heavy atom. The molecule has 0 fully saturated rings. The first-order chi connectivity index (χ1) is 12.3. The normalized spacial score (nSPS) is 14.8. The third-order valence-electron chi connectivity index (χ3n) is 3.46. The van der Waals surface area contributed by atoms with E-state index in [0.29, 0.717) is 5.69 Å². The summed E-state index contributed by atoms with van der Waals surface area (Å²) in [6.07, 6.45) is -4.43. The summed E-state index contributed by atoms with van der Waals surface area (Å²) >= 11 is 4.98. The Bertz CT molecular complexity index is 909. The Labute approximate surface area is 150 Å². The molecule has 10 heteroatoms. The van der Waals surface area contributed by atoms with Gasteiger partial charge in [-0.2, -0.15) is 18.3 Å². The number of rotatable bonds is 2. The summed E-state index contributed by atoms with van der Waals surface area (Å²) in [5, 5.41) is 8.79. The molecule has 0 radical (unpaired) electrons. The molecule has 0 aromatic heterocycles. The fourth-order valence-electron chi connectivity index (χ4n) is 2.26. The van der Waals surface area contributed by atoms with Crippen LogP contribution < -0.4 is 16.1 Å². The van der Waals surface area contributed by atoms with Gasteiger partial charge < -0.3 is 10.6 Å².